The van der Waals surface area contributed by atoms with Crippen LogP contribution < -0.4 is 5.32 Å². The molecule has 0 atom stereocenters. The van der Waals surface area contributed by atoms with E-state index in [0.717, 1.165) is 6.54 Å². The summed E-state index contributed by atoms with van der Waals surface area (Å²) in [7, 11) is 1.89. The van der Waals surface area contributed by atoms with Gasteiger partial charge in [-0.3, -0.25) is 0 Å². The zero-order valence-electron chi connectivity index (χ0n) is 30.7. The largest absolute Gasteiger partial charge is 0.458 e. The van der Waals surface area contributed by atoms with Gasteiger partial charge in [0, 0.05) is 6.54 Å². The maximum absolute atomic E-state index is 11.5. The lowest BCUT2D eigenvalue weighted by Gasteiger charge is -2.19. The van der Waals surface area contributed by atoms with Crippen molar-refractivity contribution in [2.75, 3.05) is 185 Å². The fourth-order valence-corrected chi connectivity index (χ4v) is 3.34. The van der Waals surface area contributed by atoms with E-state index in [1.54, 1.807) is 0 Å². The van der Waals surface area contributed by atoms with Gasteiger partial charge in [0.05, 0.1) is 165 Å². The summed E-state index contributed by atoms with van der Waals surface area (Å²) >= 11 is 0. The first kappa shape index (κ1) is 47.9. The number of nitrogens with one attached hydrogen (secondary N) is 1. The first-order valence-electron chi connectivity index (χ1n) is 17.3. The van der Waals surface area contributed by atoms with Crippen molar-refractivity contribution in [2.45, 2.75) is 26.4 Å². The van der Waals surface area contributed by atoms with Gasteiger partial charge in [-0.1, -0.05) is 0 Å². The highest BCUT2D eigenvalue weighted by Crippen LogP contribution is 2.06. The molecule has 0 heterocycles. The first-order valence-corrected chi connectivity index (χ1v) is 17.3. The van der Waals surface area contributed by atoms with E-state index >= 15 is 0 Å². The zero-order valence-corrected chi connectivity index (χ0v) is 30.7. The van der Waals surface area contributed by atoms with Gasteiger partial charge in [0.2, 0.25) is 0 Å². The Morgan fingerprint density at radius 1 is 0.367 bits per heavy atom. The van der Waals surface area contributed by atoms with Gasteiger partial charge >= 0.3 is 5.97 Å². The minimum Gasteiger partial charge on any atom is -0.458 e. The van der Waals surface area contributed by atoms with Crippen LogP contribution in [0.3, 0.4) is 0 Å². The van der Waals surface area contributed by atoms with E-state index in [4.69, 9.17) is 66.3 Å². The fraction of sp³-hybridized carbons (Fsp3) is 0.970. The van der Waals surface area contributed by atoms with Crippen LogP contribution in [-0.2, 0) is 71.1 Å². The molecule has 0 spiro atoms. The molecular weight excluding hydrogens is 650 g/mol. The van der Waals surface area contributed by atoms with Crippen LogP contribution in [0.2, 0.25) is 0 Å². The highest BCUT2D eigenvalue weighted by Gasteiger charge is 2.15. The zero-order chi connectivity index (χ0) is 35.8. The van der Waals surface area contributed by atoms with Gasteiger partial charge in [-0.05, 0) is 27.8 Å². The summed E-state index contributed by atoms with van der Waals surface area (Å²) in [4.78, 5) is 11.5. The molecule has 0 rings (SSSR count). The molecular formula is C33H67NO15. The van der Waals surface area contributed by atoms with E-state index in [9.17, 15) is 4.79 Å². The highest BCUT2D eigenvalue weighted by atomic mass is 16.6. The van der Waals surface area contributed by atoms with Crippen molar-refractivity contribution in [3.8, 4) is 0 Å². The summed E-state index contributed by atoms with van der Waals surface area (Å²) in [6, 6.07) is 0. The molecule has 0 aliphatic carbocycles. The van der Waals surface area contributed by atoms with Crippen molar-refractivity contribution >= 4 is 5.97 Å². The van der Waals surface area contributed by atoms with Gasteiger partial charge in [0.1, 0.15) is 12.2 Å². The second-order valence-electron chi connectivity index (χ2n) is 11.1. The smallest absolute Gasteiger partial charge is 0.332 e. The number of ether oxygens (including phenoxy) is 14. The molecule has 0 aliphatic rings. The molecule has 0 saturated carbocycles. The molecule has 0 unspecified atom stereocenters. The topological polar surface area (TPSA) is 158 Å². The second kappa shape index (κ2) is 39.7. The number of hydrogen-bond acceptors (Lipinski definition) is 16. The Kier molecular flexibility index (Phi) is 38.8. The molecule has 1 N–H and O–H groups in total. The number of carbonyl (C=O) groups is 1. The highest BCUT2D eigenvalue weighted by molar-refractivity contribution is 5.71. The fourth-order valence-electron chi connectivity index (χ4n) is 3.34. The molecule has 49 heavy (non-hydrogen) atoms. The van der Waals surface area contributed by atoms with Crippen molar-refractivity contribution in [1.82, 2.24) is 5.32 Å². The molecule has 0 aromatic carbocycles. The van der Waals surface area contributed by atoms with Crippen LogP contribution in [0.5, 0.6) is 0 Å². The number of rotatable bonds is 41. The SMILES string of the molecule is CNCCOCCOCCOCCOCCOCCOCCOCCOCCOCCOCCOCCOCCOCC(=O)OC(C)(C)C. The second-order valence-corrected chi connectivity index (χ2v) is 11.1. The summed E-state index contributed by atoms with van der Waals surface area (Å²) in [5.74, 6) is -0.387. The summed E-state index contributed by atoms with van der Waals surface area (Å²) < 4.78 is 75.7. The monoisotopic (exact) mass is 717 g/mol. The van der Waals surface area contributed by atoms with Gasteiger partial charge in [-0.15, -0.1) is 0 Å². The Balaban J connectivity index is 3.09. The lowest BCUT2D eigenvalue weighted by molar-refractivity contribution is -0.160. The van der Waals surface area contributed by atoms with Crippen molar-refractivity contribution in [3.05, 3.63) is 0 Å². The Bertz CT molecular complexity index is 658. The van der Waals surface area contributed by atoms with Crippen molar-refractivity contribution in [3.63, 3.8) is 0 Å². The summed E-state index contributed by atoms with van der Waals surface area (Å²) in [5, 5.41) is 3.02. The predicted molar refractivity (Wildman–Crippen MR) is 180 cm³/mol. The van der Waals surface area contributed by atoms with E-state index in [0.29, 0.717) is 165 Å². The third-order valence-electron chi connectivity index (χ3n) is 5.60. The average Bonchev–Trinajstić information content (AvgIpc) is 3.06. The molecule has 0 saturated heterocycles. The lowest BCUT2D eigenvalue weighted by Crippen LogP contribution is -2.27. The van der Waals surface area contributed by atoms with E-state index in [-0.39, 0.29) is 12.6 Å². The van der Waals surface area contributed by atoms with Gasteiger partial charge < -0.3 is 71.6 Å². The predicted octanol–water partition coefficient (Wildman–Crippen LogP) is 0.763. The summed E-state index contributed by atoms with van der Waals surface area (Å²) in [5.41, 5.74) is -0.512. The molecule has 0 radical (unpaired) electrons. The number of carbonyl (C=O) groups excluding carboxylic acids is 1. The standard InChI is InChI=1S/C33H67NO15/c1-33(2,3)49-32(35)31-48-30-29-47-28-27-46-26-25-45-24-23-44-22-21-43-20-19-42-18-17-41-16-15-40-14-13-39-12-11-38-10-9-37-8-7-36-6-5-34-4/h34H,5-31H2,1-4H3. The Hall–Kier alpha value is -1.09. The molecule has 0 fully saturated rings. The molecule has 294 valence electrons. The van der Waals surface area contributed by atoms with Crippen LogP contribution in [0.4, 0.5) is 0 Å². The first-order chi connectivity index (χ1) is 24.0. The van der Waals surface area contributed by atoms with E-state index in [1.807, 2.05) is 27.8 Å². The minimum absolute atomic E-state index is 0.0842. The Labute approximate surface area is 294 Å². The Morgan fingerprint density at radius 2 is 0.571 bits per heavy atom. The van der Waals surface area contributed by atoms with Crippen LogP contribution in [0.1, 0.15) is 20.8 Å². The Morgan fingerprint density at radius 3 is 0.776 bits per heavy atom. The van der Waals surface area contributed by atoms with Crippen molar-refractivity contribution in [1.29, 1.82) is 0 Å². The van der Waals surface area contributed by atoms with E-state index in [2.05, 4.69) is 5.32 Å². The van der Waals surface area contributed by atoms with Gasteiger partial charge in [0.25, 0.3) is 0 Å². The quantitative estimate of drug-likeness (QED) is 0.0698. The molecule has 0 amide bonds. The van der Waals surface area contributed by atoms with Crippen molar-refractivity contribution < 1.29 is 71.1 Å². The van der Waals surface area contributed by atoms with Crippen LogP contribution >= 0.6 is 0 Å². The number of hydrogen-bond donors (Lipinski definition) is 1. The molecule has 0 aromatic rings. The van der Waals surface area contributed by atoms with E-state index < -0.39 is 5.60 Å². The van der Waals surface area contributed by atoms with Gasteiger partial charge in [-0.2, -0.15) is 0 Å². The van der Waals surface area contributed by atoms with Crippen LogP contribution in [0.15, 0.2) is 0 Å². The number of esters is 1. The third-order valence-corrected chi connectivity index (χ3v) is 5.60. The van der Waals surface area contributed by atoms with Crippen LogP contribution in [0, 0.1) is 0 Å². The minimum atomic E-state index is -0.512. The molecule has 0 aliphatic heterocycles. The lowest BCUT2D eigenvalue weighted by atomic mass is 10.2. The maximum atomic E-state index is 11.5. The van der Waals surface area contributed by atoms with Gasteiger partial charge in [-0.25, -0.2) is 4.79 Å². The van der Waals surface area contributed by atoms with Crippen LogP contribution in [0.25, 0.3) is 0 Å². The van der Waals surface area contributed by atoms with Crippen molar-refractivity contribution in [2.24, 2.45) is 0 Å². The van der Waals surface area contributed by atoms with Crippen LogP contribution in [-0.4, -0.2) is 197 Å². The number of likely N-dealkylation sites (N-methyl/N-ethyl adjacent to an activating group) is 1. The normalized spacial score (nSPS) is 11.8. The summed E-state index contributed by atoms with van der Waals surface area (Å²) in [6.45, 7) is 18.7. The van der Waals surface area contributed by atoms with Gasteiger partial charge in [0.15, 0.2) is 0 Å². The van der Waals surface area contributed by atoms with E-state index in [1.165, 1.54) is 0 Å². The molecule has 16 nitrogen and oxygen atoms in total. The molecule has 0 bridgehead atoms. The molecule has 0 aromatic heterocycles. The molecule has 16 heteroatoms. The average molecular weight is 718 g/mol. The maximum Gasteiger partial charge on any atom is 0.332 e. The third kappa shape index (κ3) is 44.9. The summed E-state index contributed by atoms with van der Waals surface area (Å²) in [6.07, 6.45) is 0.